The van der Waals surface area contributed by atoms with E-state index in [1.54, 1.807) is 0 Å². The zero-order valence-electron chi connectivity index (χ0n) is 13.0. The van der Waals surface area contributed by atoms with Crippen molar-refractivity contribution in [2.24, 2.45) is 5.92 Å². The van der Waals surface area contributed by atoms with Gasteiger partial charge in [-0.15, -0.1) is 0 Å². The van der Waals surface area contributed by atoms with Gasteiger partial charge in [-0.25, -0.2) is 0 Å². The van der Waals surface area contributed by atoms with E-state index in [0.717, 1.165) is 13.0 Å². The van der Waals surface area contributed by atoms with E-state index in [1.165, 1.54) is 27.8 Å². The molecule has 2 aromatic rings. The maximum atomic E-state index is 3.21. The van der Waals surface area contributed by atoms with Gasteiger partial charge in [0, 0.05) is 6.54 Å². The molecule has 0 unspecified atom stereocenters. The number of hydrogen-bond donors (Lipinski definition) is 1. The van der Waals surface area contributed by atoms with Gasteiger partial charge in [-0.3, -0.25) is 0 Å². The summed E-state index contributed by atoms with van der Waals surface area (Å²) in [5, 5.41) is 3.21. The second-order valence-electron chi connectivity index (χ2n) is 5.97. The van der Waals surface area contributed by atoms with Gasteiger partial charge in [0.2, 0.25) is 0 Å². The summed E-state index contributed by atoms with van der Waals surface area (Å²) < 4.78 is 0. The monoisotopic (exact) mass is 267 g/mol. The molecule has 1 heteroatoms. The van der Waals surface area contributed by atoms with Crippen LogP contribution in [-0.4, -0.2) is 7.05 Å². The molecule has 0 bridgehead atoms. The lowest BCUT2D eigenvalue weighted by atomic mass is 9.95. The minimum Gasteiger partial charge on any atom is -0.316 e. The van der Waals surface area contributed by atoms with Crippen LogP contribution in [-0.2, 0) is 13.0 Å². The minimum atomic E-state index is 0.710. The van der Waals surface area contributed by atoms with Gasteiger partial charge in [0.15, 0.2) is 0 Å². The van der Waals surface area contributed by atoms with E-state index in [1.807, 2.05) is 7.05 Å². The molecule has 0 spiro atoms. The van der Waals surface area contributed by atoms with E-state index in [-0.39, 0.29) is 0 Å². The van der Waals surface area contributed by atoms with Crippen LogP contribution in [0.3, 0.4) is 0 Å². The van der Waals surface area contributed by atoms with Crippen molar-refractivity contribution in [1.29, 1.82) is 0 Å². The van der Waals surface area contributed by atoms with Crippen LogP contribution in [0.5, 0.6) is 0 Å². The molecule has 1 nitrogen and oxygen atoms in total. The quantitative estimate of drug-likeness (QED) is 0.836. The first-order valence-electron chi connectivity index (χ1n) is 7.43. The first-order valence-corrected chi connectivity index (χ1v) is 7.43. The summed E-state index contributed by atoms with van der Waals surface area (Å²) in [6, 6.07) is 15.7. The van der Waals surface area contributed by atoms with E-state index in [0.29, 0.717) is 5.92 Å². The molecular weight excluding hydrogens is 242 g/mol. The number of aryl methyl sites for hydroxylation is 1. The normalized spacial score (nSPS) is 11.1. The Morgan fingerprint density at radius 2 is 1.60 bits per heavy atom. The Balaban J connectivity index is 2.28. The average molecular weight is 267 g/mol. The highest BCUT2D eigenvalue weighted by atomic mass is 14.8. The van der Waals surface area contributed by atoms with Crippen molar-refractivity contribution < 1.29 is 0 Å². The van der Waals surface area contributed by atoms with E-state index in [4.69, 9.17) is 0 Å². The highest BCUT2D eigenvalue weighted by molar-refractivity contribution is 5.68. The highest BCUT2D eigenvalue weighted by Crippen LogP contribution is 2.25. The maximum Gasteiger partial charge on any atom is 0.0202 e. The molecule has 2 rings (SSSR count). The van der Waals surface area contributed by atoms with Gasteiger partial charge in [0.1, 0.15) is 0 Å². The van der Waals surface area contributed by atoms with Gasteiger partial charge < -0.3 is 5.32 Å². The summed E-state index contributed by atoms with van der Waals surface area (Å²) >= 11 is 0. The summed E-state index contributed by atoms with van der Waals surface area (Å²) in [5.41, 5.74) is 6.75. The van der Waals surface area contributed by atoms with Gasteiger partial charge in [0.25, 0.3) is 0 Å². The Morgan fingerprint density at radius 3 is 2.20 bits per heavy atom. The molecule has 20 heavy (non-hydrogen) atoms. The van der Waals surface area contributed by atoms with Crippen LogP contribution >= 0.6 is 0 Å². The number of hydrogen-bond acceptors (Lipinski definition) is 1. The molecule has 106 valence electrons. The van der Waals surface area contributed by atoms with E-state index >= 15 is 0 Å². The summed E-state index contributed by atoms with van der Waals surface area (Å²) in [6.07, 6.45) is 1.15. The number of nitrogens with one attached hydrogen (secondary N) is 1. The van der Waals surface area contributed by atoms with E-state index in [9.17, 15) is 0 Å². The summed E-state index contributed by atoms with van der Waals surface area (Å²) in [7, 11) is 1.99. The Bertz CT molecular complexity index is 552. The predicted octanol–water partition coefficient (Wildman–Crippen LogP) is 4.58. The standard InChI is InChI=1S/C19H25N/c1-14(2)11-16-7-9-18(10-8-16)19-12-17(13-20-4)6-5-15(19)3/h5-10,12,14,20H,11,13H2,1-4H3. The second-order valence-corrected chi connectivity index (χ2v) is 5.97. The lowest BCUT2D eigenvalue weighted by molar-refractivity contribution is 0.647. The molecule has 0 heterocycles. The van der Waals surface area contributed by atoms with Crippen molar-refractivity contribution in [2.75, 3.05) is 7.05 Å². The van der Waals surface area contributed by atoms with Crippen LogP contribution in [0.25, 0.3) is 11.1 Å². The van der Waals surface area contributed by atoms with Crippen LogP contribution in [0.4, 0.5) is 0 Å². The zero-order valence-corrected chi connectivity index (χ0v) is 13.0. The molecule has 0 atom stereocenters. The highest BCUT2D eigenvalue weighted by Gasteiger charge is 2.04. The summed E-state index contributed by atoms with van der Waals surface area (Å²) in [4.78, 5) is 0. The van der Waals surface area contributed by atoms with Gasteiger partial charge in [-0.05, 0) is 60.2 Å². The fourth-order valence-electron chi connectivity index (χ4n) is 2.59. The molecule has 2 aromatic carbocycles. The topological polar surface area (TPSA) is 12.0 Å². The van der Waals surface area contributed by atoms with Crippen molar-refractivity contribution in [3.05, 3.63) is 59.2 Å². The molecule has 0 fully saturated rings. The second kappa shape index (κ2) is 6.71. The number of rotatable bonds is 5. The SMILES string of the molecule is CNCc1ccc(C)c(-c2ccc(CC(C)C)cc2)c1. The summed E-state index contributed by atoms with van der Waals surface area (Å²) in [5.74, 6) is 0.710. The molecule has 0 aromatic heterocycles. The Labute approximate surface area is 123 Å². The van der Waals surface area contributed by atoms with Gasteiger partial charge in [-0.1, -0.05) is 50.2 Å². The molecule has 0 aliphatic rings. The molecule has 0 aliphatic carbocycles. The van der Waals surface area contributed by atoms with Crippen LogP contribution in [0.2, 0.25) is 0 Å². The minimum absolute atomic E-state index is 0.710. The van der Waals surface area contributed by atoms with Crippen molar-refractivity contribution in [3.8, 4) is 11.1 Å². The molecule has 0 saturated carbocycles. The predicted molar refractivity (Wildman–Crippen MR) is 87.9 cm³/mol. The molecule has 0 amide bonds. The van der Waals surface area contributed by atoms with Crippen LogP contribution in [0.1, 0.15) is 30.5 Å². The molecule has 0 radical (unpaired) electrons. The first kappa shape index (κ1) is 14.8. The largest absolute Gasteiger partial charge is 0.316 e. The van der Waals surface area contributed by atoms with Crippen LogP contribution in [0.15, 0.2) is 42.5 Å². The molecule has 0 aliphatic heterocycles. The van der Waals surface area contributed by atoms with Gasteiger partial charge >= 0.3 is 0 Å². The first-order chi connectivity index (χ1) is 9.60. The maximum absolute atomic E-state index is 3.21. The summed E-state index contributed by atoms with van der Waals surface area (Å²) in [6.45, 7) is 7.62. The van der Waals surface area contributed by atoms with E-state index < -0.39 is 0 Å². The lowest BCUT2D eigenvalue weighted by Crippen LogP contribution is -2.05. The Morgan fingerprint density at radius 1 is 0.950 bits per heavy atom. The smallest absolute Gasteiger partial charge is 0.0202 e. The van der Waals surface area contributed by atoms with Crippen molar-refractivity contribution in [3.63, 3.8) is 0 Å². The van der Waals surface area contributed by atoms with Crippen molar-refractivity contribution >= 4 is 0 Å². The van der Waals surface area contributed by atoms with Gasteiger partial charge in [-0.2, -0.15) is 0 Å². The Hall–Kier alpha value is -1.60. The van der Waals surface area contributed by atoms with Gasteiger partial charge in [0.05, 0.1) is 0 Å². The fraction of sp³-hybridized carbons (Fsp3) is 0.368. The number of benzene rings is 2. The fourth-order valence-corrected chi connectivity index (χ4v) is 2.59. The van der Waals surface area contributed by atoms with Crippen LogP contribution in [0, 0.1) is 12.8 Å². The van der Waals surface area contributed by atoms with Crippen molar-refractivity contribution in [2.45, 2.75) is 33.7 Å². The third-order valence-electron chi connectivity index (χ3n) is 3.59. The third kappa shape index (κ3) is 3.71. The average Bonchev–Trinajstić information content (AvgIpc) is 2.42. The van der Waals surface area contributed by atoms with Crippen molar-refractivity contribution in [1.82, 2.24) is 5.32 Å². The third-order valence-corrected chi connectivity index (χ3v) is 3.59. The lowest BCUT2D eigenvalue weighted by Gasteiger charge is -2.11. The Kier molecular flexibility index (Phi) is 4.97. The van der Waals surface area contributed by atoms with E-state index in [2.05, 4.69) is 68.6 Å². The molecule has 1 N–H and O–H groups in total. The molecule has 0 saturated heterocycles. The molecular formula is C19H25N. The van der Waals surface area contributed by atoms with Crippen LogP contribution < -0.4 is 5.32 Å². The zero-order chi connectivity index (χ0) is 14.5.